The monoisotopic (exact) mass is 259 g/mol. The van der Waals surface area contributed by atoms with Crippen molar-refractivity contribution in [1.29, 1.82) is 0 Å². The Hall–Kier alpha value is -1.84. The van der Waals surface area contributed by atoms with Crippen LogP contribution in [0.15, 0.2) is 30.6 Å². The molecule has 0 unspecified atom stereocenters. The second-order valence-corrected chi connectivity index (χ2v) is 5.18. The van der Waals surface area contributed by atoms with Crippen LogP contribution in [0.3, 0.4) is 0 Å². The van der Waals surface area contributed by atoms with E-state index in [1.165, 1.54) is 31.7 Å². The van der Waals surface area contributed by atoms with Gasteiger partial charge in [0.15, 0.2) is 0 Å². The lowest BCUT2D eigenvalue weighted by Crippen LogP contribution is -2.17. The second-order valence-electron chi connectivity index (χ2n) is 5.18. The minimum absolute atomic E-state index is 0.172. The van der Waals surface area contributed by atoms with Gasteiger partial charge in [0.05, 0.1) is 0 Å². The summed E-state index contributed by atoms with van der Waals surface area (Å²) in [5.74, 6) is 0.673. The molecule has 1 aromatic carbocycles. The Morgan fingerprint density at radius 2 is 2.11 bits per heavy atom. The minimum atomic E-state index is -0.172. The van der Waals surface area contributed by atoms with E-state index in [0.29, 0.717) is 11.6 Å². The first kappa shape index (κ1) is 12.2. The molecule has 0 atom stereocenters. The van der Waals surface area contributed by atoms with Crippen molar-refractivity contribution in [3.05, 3.63) is 42.0 Å². The van der Waals surface area contributed by atoms with Crippen LogP contribution in [0.1, 0.15) is 31.2 Å². The lowest BCUT2D eigenvalue weighted by molar-refractivity contribution is 0.618. The highest BCUT2D eigenvalue weighted by molar-refractivity contribution is 5.44. The quantitative estimate of drug-likeness (QED) is 0.911. The Morgan fingerprint density at radius 1 is 1.32 bits per heavy atom. The summed E-state index contributed by atoms with van der Waals surface area (Å²) in [6, 6.07) is 5.65. The number of aryl methyl sites for hydroxylation is 1. The van der Waals surface area contributed by atoms with E-state index in [4.69, 9.17) is 0 Å². The first-order valence-electron chi connectivity index (χ1n) is 6.80. The normalized spacial score (nSPS) is 15.9. The SMILES string of the molecule is Cc1cc(-n2ccnc2NC2CCCC2)ccc1F. The summed E-state index contributed by atoms with van der Waals surface area (Å²) in [4.78, 5) is 4.37. The summed E-state index contributed by atoms with van der Waals surface area (Å²) in [7, 11) is 0. The molecule has 100 valence electrons. The maximum Gasteiger partial charge on any atom is 0.207 e. The molecule has 1 aliphatic carbocycles. The predicted octanol–water partition coefficient (Wildman–Crippen LogP) is 3.67. The standard InChI is InChI=1S/C15H18FN3/c1-11-10-13(6-7-14(11)16)19-9-8-17-15(19)18-12-4-2-3-5-12/h6-10,12H,2-5H2,1H3,(H,17,18). The van der Waals surface area contributed by atoms with E-state index in [0.717, 1.165) is 11.6 Å². The molecular weight excluding hydrogens is 241 g/mol. The van der Waals surface area contributed by atoms with Crippen LogP contribution in [0.5, 0.6) is 0 Å². The summed E-state index contributed by atoms with van der Waals surface area (Å²) >= 11 is 0. The molecule has 19 heavy (non-hydrogen) atoms. The van der Waals surface area contributed by atoms with Crippen molar-refractivity contribution < 1.29 is 4.39 Å². The number of imidazole rings is 1. The molecule has 2 aromatic rings. The van der Waals surface area contributed by atoms with Crippen LogP contribution in [0, 0.1) is 12.7 Å². The lowest BCUT2D eigenvalue weighted by atomic mass is 10.2. The second kappa shape index (κ2) is 5.03. The van der Waals surface area contributed by atoms with Gasteiger partial charge in [-0.3, -0.25) is 4.57 Å². The smallest absolute Gasteiger partial charge is 0.207 e. The summed E-state index contributed by atoms with van der Waals surface area (Å²) in [5, 5.41) is 3.48. The van der Waals surface area contributed by atoms with Gasteiger partial charge in [-0.25, -0.2) is 9.37 Å². The van der Waals surface area contributed by atoms with E-state index in [-0.39, 0.29) is 5.82 Å². The number of aromatic nitrogens is 2. The number of hydrogen-bond donors (Lipinski definition) is 1. The average Bonchev–Trinajstić information content (AvgIpc) is 3.05. The molecule has 0 saturated heterocycles. The number of nitrogens with zero attached hydrogens (tertiary/aromatic N) is 2. The maximum atomic E-state index is 13.3. The van der Waals surface area contributed by atoms with Gasteiger partial charge in [-0.1, -0.05) is 12.8 Å². The Morgan fingerprint density at radius 3 is 2.84 bits per heavy atom. The largest absolute Gasteiger partial charge is 0.353 e. The van der Waals surface area contributed by atoms with Crippen LogP contribution >= 0.6 is 0 Å². The van der Waals surface area contributed by atoms with Crippen molar-refractivity contribution in [3.8, 4) is 5.69 Å². The molecule has 0 aliphatic heterocycles. The zero-order valence-electron chi connectivity index (χ0n) is 11.1. The van der Waals surface area contributed by atoms with E-state index in [1.807, 2.05) is 16.8 Å². The highest BCUT2D eigenvalue weighted by Gasteiger charge is 2.17. The molecule has 1 aliphatic rings. The van der Waals surface area contributed by atoms with E-state index in [1.54, 1.807) is 19.2 Å². The van der Waals surface area contributed by atoms with Crippen LogP contribution < -0.4 is 5.32 Å². The van der Waals surface area contributed by atoms with Crippen LogP contribution in [-0.4, -0.2) is 15.6 Å². The first-order chi connectivity index (χ1) is 9.24. The zero-order chi connectivity index (χ0) is 13.2. The number of nitrogens with one attached hydrogen (secondary N) is 1. The predicted molar refractivity (Wildman–Crippen MR) is 74.1 cm³/mol. The van der Waals surface area contributed by atoms with Crippen molar-refractivity contribution >= 4 is 5.95 Å². The number of benzene rings is 1. The molecule has 0 radical (unpaired) electrons. The van der Waals surface area contributed by atoms with Gasteiger partial charge in [-0.15, -0.1) is 0 Å². The third-order valence-electron chi connectivity index (χ3n) is 3.75. The highest BCUT2D eigenvalue weighted by Crippen LogP contribution is 2.23. The number of anilines is 1. The van der Waals surface area contributed by atoms with Crippen molar-refractivity contribution in [2.45, 2.75) is 38.6 Å². The number of hydrogen-bond acceptors (Lipinski definition) is 2. The molecule has 1 heterocycles. The van der Waals surface area contributed by atoms with Gasteiger partial charge >= 0.3 is 0 Å². The minimum Gasteiger partial charge on any atom is -0.353 e. The molecule has 4 heteroatoms. The molecule has 1 aromatic heterocycles. The van der Waals surface area contributed by atoms with Crippen LogP contribution in [-0.2, 0) is 0 Å². The molecule has 1 saturated carbocycles. The summed E-state index contributed by atoms with van der Waals surface area (Å²) in [6.07, 6.45) is 8.66. The van der Waals surface area contributed by atoms with Crippen molar-refractivity contribution in [2.24, 2.45) is 0 Å². The average molecular weight is 259 g/mol. The summed E-state index contributed by atoms with van der Waals surface area (Å²) in [5.41, 5.74) is 1.59. The van der Waals surface area contributed by atoms with Gasteiger partial charge in [-0.2, -0.15) is 0 Å². The zero-order valence-corrected chi connectivity index (χ0v) is 11.1. The fraction of sp³-hybridized carbons (Fsp3) is 0.400. The summed E-state index contributed by atoms with van der Waals surface area (Å²) < 4.78 is 15.3. The van der Waals surface area contributed by atoms with Gasteiger partial charge in [0, 0.05) is 24.1 Å². The van der Waals surface area contributed by atoms with Crippen molar-refractivity contribution in [2.75, 3.05) is 5.32 Å². The van der Waals surface area contributed by atoms with Crippen molar-refractivity contribution in [1.82, 2.24) is 9.55 Å². The molecule has 1 fully saturated rings. The Labute approximate surface area is 112 Å². The van der Waals surface area contributed by atoms with E-state index in [2.05, 4.69) is 10.3 Å². The van der Waals surface area contributed by atoms with Gasteiger partial charge in [0.2, 0.25) is 5.95 Å². The fourth-order valence-electron chi connectivity index (χ4n) is 2.65. The van der Waals surface area contributed by atoms with Gasteiger partial charge < -0.3 is 5.32 Å². The fourth-order valence-corrected chi connectivity index (χ4v) is 2.65. The molecule has 0 amide bonds. The number of halogens is 1. The van der Waals surface area contributed by atoms with E-state index >= 15 is 0 Å². The summed E-state index contributed by atoms with van der Waals surface area (Å²) in [6.45, 7) is 1.78. The van der Waals surface area contributed by atoms with Crippen LogP contribution in [0.25, 0.3) is 5.69 Å². The maximum absolute atomic E-state index is 13.3. The number of rotatable bonds is 3. The van der Waals surface area contributed by atoms with Crippen LogP contribution in [0.2, 0.25) is 0 Å². The van der Waals surface area contributed by atoms with Gasteiger partial charge in [0.1, 0.15) is 5.82 Å². The Balaban J connectivity index is 1.87. The highest BCUT2D eigenvalue weighted by atomic mass is 19.1. The Bertz CT molecular complexity index is 571. The third kappa shape index (κ3) is 2.48. The molecule has 3 rings (SSSR count). The first-order valence-corrected chi connectivity index (χ1v) is 6.80. The molecule has 3 nitrogen and oxygen atoms in total. The van der Waals surface area contributed by atoms with Crippen LogP contribution in [0.4, 0.5) is 10.3 Å². The molecular formula is C15H18FN3. The third-order valence-corrected chi connectivity index (χ3v) is 3.75. The molecule has 0 bridgehead atoms. The molecule has 0 spiro atoms. The van der Waals surface area contributed by atoms with Gasteiger partial charge in [-0.05, 0) is 43.5 Å². The Kier molecular flexibility index (Phi) is 3.23. The topological polar surface area (TPSA) is 29.9 Å². The van der Waals surface area contributed by atoms with E-state index in [9.17, 15) is 4.39 Å². The van der Waals surface area contributed by atoms with Crippen molar-refractivity contribution in [3.63, 3.8) is 0 Å². The van der Waals surface area contributed by atoms with Gasteiger partial charge in [0.25, 0.3) is 0 Å². The molecule has 1 N–H and O–H groups in total. The van der Waals surface area contributed by atoms with E-state index < -0.39 is 0 Å². The lowest BCUT2D eigenvalue weighted by Gasteiger charge is -2.15.